The maximum Gasteiger partial charge on any atom is 0.105 e. The Morgan fingerprint density at radius 3 is 1.89 bits per heavy atom. The highest BCUT2D eigenvalue weighted by Crippen LogP contribution is 2.28. The third-order valence-electron chi connectivity index (χ3n) is 5.76. The van der Waals surface area contributed by atoms with Crippen LogP contribution < -0.4 is 4.90 Å². The van der Waals surface area contributed by atoms with Gasteiger partial charge in [0.15, 0.2) is 0 Å². The van der Waals surface area contributed by atoms with E-state index in [1.807, 2.05) is 0 Å². The second kappa shape index (κ2) is 13.7. The van der Waals surface area contributed by atoms with Crippen molar-refractivity contribution >= 4 is 5.69 Å². The van der Waals surface area contributed by atoms with Crippen LogP contribution in [-0.2, 0) is 0 Å². The number of hydrogen-bond donors (Lipinski definition) is 0. The molecule has 1 atom stereocenters. The average Bonchev–Trinajstić information content (AvgIpc) is 3.11. The molecule has 1 aliphatic rings. The summed E-state index contributed by atoms with van der Waals surface area (Å²) in [5, 5.41) is 0. The minimum atomic E-state index is 0.507. The summed E-state index contributed by atoms with van der Waals surface area (Å²) in [6.07, 6.45) is 23.0. The van der Waals surface area contributed by atoms with Gasteiger partial charge in [0.1, 0.15) is 6.17 Å². The molecule has 0 saturated heterocycles. The molecule has 0 radical (unpaired) electrons. The van der Waals surface area contributed by atoms with Crippen molar-refractivity contribution in [2.75, 3.05) is 11.4 Å². The maximum absolute atomic E-state index is 2.56. The van der Waals surface area contributed by atoms with E-state index in [-0.39, 0.29) is 0 Å². The second-order valence-corrected chi connectivity index (χ2v) is 8.08. The molecule has 0 aliphatic carbocycles. The molecule has 1 aliphatic heterocycles. The van der Waals surface area contributed by atoms with Crippen molar-refractivity contribution in [3.63, 3.8) is 0 Å². The Balaban J connectivity index is 1.69. The highest BCUT2D eigenvalue weighted by Gasteiger charge is 2.26. The quantitative estimate of drug-likeness (QED) is 0.292. The van der Waals surface area contributed by atoms with Crippen LogP contribution in [0.15, 0.2) is 42.7 Å². The van der Waals surface area contributed by atoms with Crippen molar-refractivity contribution in [3.05, 3.63) is 42.7 Å². The summed E-state index contributed by atoms with van der Waals surface area (Å²) in [5.41, 5.74) is 1.32. The number of hydrogen-bond acceptors (Lipinski definition) is 2. The molecule has 1 unspecified atom stereocenters. The summed E-state index contributed by atoms with van der Waals surface area (Å²) in [4.78, 5) is 5.04. The minimum absolute atomic E-state index is 0.507. The molecule has 2 rings (SSSR count). The Morgan fingerprint density at radius 1 is 0.667 bits per heavy atom. The van der Waals surface area contributed by atoms with Gasteiger partial charge in [-0.3, -0.25) is 0 Å². The highest BCUT2D eigenvalue weighted by atomic mass is 15.4. The smallest absolute Gasteiger partial charge is 0.105 e. The normalized spacial score (nSPS) is 16.4. The zero-order valence-electron chi connectivity index (χ0n) is 17.9. The summed E-state index contributed by atoms with van der Waals surface area (Å²) < 4.78 is 0. The van der Waals surface area contributed by atoms with E-state index in [2.05, 4.69) is 66.4 Å². The van der Waals surface area contributed by atoms with E-state index >= 15 is 0 Å². The number of benzene rings is 1. The fraction of sp³-hybridized carbons (Fsp3) is 0.680. The van der Waals surface area contributed by atoms with E-state index < -0.39 is 0 Å². The fourth-order valence-electron chi connectivity index (χ4n) is 4.06. The van der Waals surface area contributed by atoms with Gasteiger partial charge in [-0.05, 0) is 31.4 Å². The standard InChI is InChI=1S/C25H42N2/c1-3-5-7-8-9-10-11-12-13-17-20-25-26(21-6-4-2)22-23-27(25)24-18-15-14-16-19-24/h14-16,18-19,22-23,25H,3-13,17,20-21H2,1-2H3. The summed E-state index contributed by atoms with van der Waals surface area (Å²) in [6.45, 7) is 5.76. The SMILES string of the molecule is CCCCCCCCCCCCC1N(CCCC)C=CN1c1ccccc1. The topological polar surface area (TPSA) is 6.48 Å². The number of unbranched alkanes of at least 4 members (excludes halogenated alkanes) is 10. The molecule has 0 bridgehead atoms. The van der Waals surface area contributed by atoms with Crippen LogP contribution in [0.5, 0.6) is 0 Å². The third kappa shape index (κ3) is 7.99. The van der Waals surface area contributed by atoms with E-state index in [1.54, 1.807) is 0 Å². The average molecular weight is 371 g/mol. The van der Waals surface area contributed by atoms with E-state index in [4.69, 9.17) is 0 Å². The second-order valence-electron chi connectivity index (χ2n) is 8.08. The first-order valence-electron chi connectivity index (χ1n) is 11.6. The van der Waals surface area contributed by atoms with Gasteiger partial charge in [0.25, 0.3) is 0 Å². The molecule has 0 spiro atoms. The van der Waals surface area contributed by atoms with Gasteiger partial charge in [-0.2, -0.15) is 0 Å². The van der Waals surface area contributed by atoms with Crippen molar-refractivity contribution < 1.29 is 0 Å². The number of anilines is 1. The van der Waals surface area contributed by atoms with Gasteiger partial charge in [0, 0.05) is 24.6 Å². The van der Waals surface area contributed by atoms with Crippen LogP contribution in [0.25, 0.3) is 0 Å². The van der Waals surface area contributed by atoms with Crippen molar-refractivity contribution in [3.8, 4) is 0 Å². The summed E-state index contributed by atoms with van der Waals surface area (Å²) >= 11 is 0. The number of rotatable bonds is 15. The molecule has 1 aromatic rings. The Bertz CT molecular complexity index is 496. The molecule has 0 saturated carbocycles. The zero-order valence-corrected chi connectivity index (χ0v) is 17.9. The Kier molecular flexibility index (Phi) is 11.1. The summed E-state index contributed by atoms with van der Waals surface area (Å²) in [5.74, 6) is 0. The Morgan fingerprint density at radius 2 is 1.26 bits per heavy atom. The molecule has 0 aromatic heterocycles. The predicted molar refractivity (Wildman–Crippen MR) is 120 cm³/mol. The molecular weight excluding hydrogens is 328 g/mol. The monoisotopic (exact) mass is 370 g/mol. The molecule has 2 nitrogen and oxygen atoms in total. The molecule has 0 amide bonds. The van der Waals surface area contributed by atoms with Crippen LogP contribution in [0.3, 0.4) is 0 Å². The van der Waals surface area contributed by atoms with Crippen molar-refractivity contribution in [2.45, 2.75) is 103 Å². The summed E-state index contributed by atoms with van der Waals surface area (Å²) in [6, 6.07) is 10.9. The Labute approximate surface area is 168 Å². The van der Waals surface area contributed by atoms with Crippen LogP contribution in [-0.4, -0.2) is 17.6 Å². The molecule has 1 aromatic carbocycles. The first-order chi connectivity index (χ1) is 13.4. The van der Waals surface area contributed by atoms with Crippen molar-refractivity contribution in [1.82, 2.24) is 4.90 Å². The van der Waals surface area contributed by atoms with Crippen LogP contribution in [0.2, 0.25) is 0 Å². The van der Waals surface area contributed by atoms with E-state index in [0.29, 0.717) is 6.17 Å². The molecular formula is C25H42N2. The highest BCUT2D eigenvalue weighted by molar-refractivity contribution is 5.51. The fourth-order valence-corrected chi connectivity index (χ4v) is 4.06. The Hall–Kier alpha value is -1.44. The first-order valence-corrected chi connectivity index (χ1v) is 11.6. The molecule has 1 heterocycles. The summed E-state index contributed by atoms with van der Waals surface area (Å²) in [7, 11) is 0. The molecule has 0 N–H and O–H groups in total. The lowest BCUT2D eigenvalue weighted by Gasteiger charge is -2.33. The number of para-hydroxylation sites is 1. The van der Waals surface area contributed by atoms with Crippen LogP contribution in [0, 0.1) is 0 Å². The van der Waals surface area contributed by atoms with E-state index in [1.165, 1.54) is 95.7 Å². The van der Waals surface area contributed by atoms with Crippen LogP contribution in [0.4, 0.5) is 5.69 Å². The lowest BCUT2D eigenvalue weighted by molar-refractivity contribution is 0.275. The molecule has 27 heavy (non-hydrogen) atoms. The third-order valence-corrected chi connectivity index (χ3v) is 5.76. The van der Waals surface area contributed by atoms with Gasteiger partial charge in [0.05, 0.1) is 0 Å². The van der Waals surface area contributed by atoms with Gasteiger partial charge in [-0.25, -0.2) is 0 Å². The van der Waals surface area contributed by atoms with Gasteiger partial charge in [0.2, 0.25) is 0 Å². The van der Waals surface area contributed by atoms with Crippen molar-refractivity contribution in [2.24, 2.45) is 0 Å². The molecule has 0 fully saturated rings. The lowest BCUT2D eigenvalue weighted by Crippen LogP contribution is -2.39. The van der Waals surface area contributed by atoms with Crippen LogP contribution >= 0.6 is 0 Å². The van der Waals surface area contributed by atoms with Gasteiger partial charge < -0.3 is 9.80 Å². The zero-order chi connectivity index (χ0) is 19.2. The number of nitrogens with zero attached hydrogens (tertiary/aromatic N) is 2. The first kappa shape index (κ1) is 21.9. The van der Waals surface area contributed by atoms with Gasteiger partial charge in [-0.1, -0.05) is 96.3 Å². The maximum atomic E-state index is 2.56. The predicted octanol–water partition coefficient (Wildman–Crippen LogP) is 7.72. The molecule has 152 valence electrons. The largest absolute Gasteiger partial charge is 0.356 e. The van der Waals surface area contributed by atoms with Crippen LogP contribution in [0.1, 0.15) is 97.3 Å². The lowest BCUT2D eigenvalue weighted by atomic mass is 10.0. The molecule has 2 heteroatoms. The van der Waals surface area contributed by atoms with E-state index in [9.17, 15) is 0 Å². The van der Waals surface area contributed by atoms with Crippen molar-refractivity contribution in [1.29, 1.82) is 0 Å². The van der Waals surface area contributed by atoms with Gasteiger partial charge >= 0.3 is 0 Å². The van der Waals surface area contributed by atoms with Gasteiger partial charge in [-0.15, -0.1) is 0 Å². The minimum Gasteiger partial charge on any atom is -0.356 e. The van der Waals surface area contributed by atoms with E-state index in [0.717, 1.165) is 0 Å².